The molecule has 8 heteroatoms. The summed E-state index contributed by atoms with van der Waals surface area (Å²) in [5, 5.41) is 5.28. The summed E-state index contributed by atoms with van der Waals surface area (Å²) in [7, 11) is 1.83. The van der Waals surface area contributed by atoms with E-state index in [9.17, 15) is 9.59 Å². The number of Topliss-reactive ketones (excluding diaryl/α,β-unsaturated/α-hetero) is 1. The van der Waals surface area contributed by atoms with Gasteiger partial charge in [0.1, 0.15) is 12.2 Å². The summed E-state index contributed by atoms with van der Waals surface area (Å²) >= 11 is 1.38. The number of amides is 1. The molecule has 3 heterocycles. The Bertz CT molecular complexity index is 1080. The number of benzene rings is 1. The van der Waals surface area contributed by atoms with Crippen LogP contribution in [0.4, 0.5) is 10.9 Å². The summed E-state index contributed by atoms with van der Waals surface area (Å²) in [6.45, 7) is 5.99. The van der Waals surface area contributed by atoms with Crippen LogP contribution in [0.1, 0.15) is 28.5 Å². The van der Waals surface area contributed by atoms with Crippen molar-refractivity contribution in [3.63, 3.8) is 0 Å². The number of thiazole rings is 1. The molecule has 1 aliphatic rings. The lowest BCUT2D eigenvalue weighted by Gasteiger charge is -2.14. The molecule has 144 valence electrons. The molecule has 7 nitrogen and oxygen atoms in total. The topological polar surface area (TPSA) is 80.1 Å². The smallest absolute Gasteiger partial charge is 0.246 e. The molecule has 3 aromatic rings. The van der Waals surface area contributed by atoms with Gasteiger partial charge in [-0.15, -0.1) is 11.3 Å². The quantitative estimate of drug-likeness (QED) is 0.733. The minimum atomic E-state index is -0.257. The lowest BCUT2D eigenvalue weighted by atomic mass is 10.1. The van der Waals surface area contributed by atoms with E-state index in [2.05, 4.69) is 41.3 Å². The molecule has 1 atom stereocenters. The largest absolute Gasteiger partial charge is 0.348 e. The molecule has 0 spiro atoms. The number of rotatable bonds is 4. The van der Waals surface area contributed by atoms with Gasteiger partial charge >= 0.3 is 0 Å². The molecule has 0 fully saturated rings. The molecule has 0 bridgehead atoms. The Morgan fingerprint density at radius 1 is 1.29 bits per heavy atom. The molecule has 1 amide bonds. The number of nitrogens with one attached hydrogen (secondary N) is 1. The van der Waals surface area contributed by atoms with Gasteiger partial charge < -0.3 is 14.8 Å². The van der Waals surface area contributed by atoms with Crippen molar-refractivity contribution in [2.24, 2.45) is 0 Å². The van der Waals surface area contributed by atoms with Crippen LogP contribution in [-0.4, -0.2) is 39.3 Å². The van der Waals surface area contributed by atoms with Crippen LogP contribution in [0.5, 0.6) is 0 Å². The molecule has 28 heavy (non-hydrogen) atoms. The maximum atomic E-state index is 12.5. The molecule has 0 saturated carbocycles. The number of carbonyl (C=O) groups excluding carboxylic acids is 2. The molecule has 1 unspecified atom stereocenters. The van der Waals surface area contributed by atoms with E-state index in [-0.39, 0.29) is 24.3 Å². The van der Waals surface area contributed by atoms with Gasteiger partial charge in [-0.1, -0.05) is 12.1 Å². The number of hydrogen-bond donors (Lipinski definition) is 1. The number of aromatic nitrogens is 3. The number of aryl methyl sites for hydroxylation is 2. The Morgan fingerprint density at radius 3 is 2.82 bits per heavy atom. The van der Waals surface area contributed by atoms with Crippen molar-refractivity contribution in [1.29, 1.82) is 0 Å². The van der Waals surface area contributed by atoms with Crippen LogP contribution in [0.2, 0.25) is 0 Å². The number of nitrogens with zero attached hydrogens (tertiary/aromatic N) is 4. The van der Waals surface area contributed by atoms with Crippen molar-refractivity contribution < 1.29 is 9.59 Å². The molecule has 2 aromatic heterocycles. The van der Waals surface area contributed by atoms with E-state index in [0.717, 1.165) is 11.3 Å². The summed E-state index contributed by atoms with van der Waals surface area (Å²) in [4.78, 5) is 35.5. The summed E-state index contributed by atoms with van der Waals surface area (Å²) in [6.07, 6.45) is 1.53. The highest BCUT2D eigenvalue weighted by Crippen LogP contribution is 2.29. The normalized spacial score (nSPS) is 15.8. The molecule has 0 radical (unpaired) electrons. The Morgan fingerprint density at radius 2 is 2.07 bits per heavy atom. The minimum absolute atomic E-state index is 0.0194. The van der Waals surface area contributed by atoms with Gasteiger partial charge in [-0.3, -0.25) is 9.59 Å². The van der Waals surface area contributed by atoms with Crippen LogP contribution in [0.3, 0.4) is 0 Å². The Kier molecular flexibility index (Phi) is 4.50. The van der Waals surface area contributed by atoms with E-state index < -0.39 is 0 Å². The first-order chi connectivity index (χ1) is 13.3. The van der Waals surface area contributed by atoms with Crippen molar-refractivity contribution in [3.8, 4) is 11.3 Å². The average Bonchev–Trinajstić information content (AvgIpc) is 3.33. The first-order valence-corrected chi connectivity index (χ1v) is 9.88. The van der Waals surface area contributed by atoms with E-state index in [1.807, 2.05) is 30.3 Å². The molecule has 0 saturated heterocycles. The van der Waals surface area contributed by atoms with E-state index in [4.69, 9.17) is 0 Å². The third-order valence-corrected chi connectivity index (χ3v) is 5.97. The second kappa shape index (κ2) is 6.87. The second-order valence-corrected chi connectivity index (χ2v) is 7.94. The zero-order chi connectivity index (χ0) is 20.0. The molecule has 4 rings (SSSR count). The number of likely N-dealkylation sites (N-methyl/N-ethyl adjacent to an activating group) is 1. The highest BCUT2D eigenvalue weighted by molar-refractivity contribution is 7.14. The second-order valence-electron chi connectivity index (χ2n) is 7.08. The fourth-order valence-electron chi connectivity index (χ4n) is 3.24. The fourth-order valence-corrected chi connectivity index (χ4v) is 3.97. The standard InChI is InChI=1S/C20H21N5O2S/c1-11-5-6-14(7-12(11)2)15-9-28-20(22-15)23-16(26)8-25-10-21-19-17(25)18(27)13(3)24(19)4/h5-7,9-10,13H,8H2,1-4H3,(H,22,23,26). The molecular weight excluding hydrogens is 374 g/mol. The predicted molar refractivity (Wildman–Crippen MR) is 110 cm³/mol. The third-order valence-electron chi connectivity index (χ3n) is 5.21. The van der Waals surface area contributed by atoms with Crippen LogP contribution in [0, 0.1) is 13.8 Å². The fraction of sp³-hybridized carbons (Fsp3) is 0.300. The molecular formula is C20H21N5O2S. The van der Waals surface area contributed by atoms with Crippen LogP contribution in [-0.2, 0) is 11.3 Å². The SMILES string of the molecule is Cc1ccc(-c2csc(NC(=O)Cn3cnc4c3C(=O)C(C)N4C)n2)cc1C. The van der Waals surface area contributed by atoms with Gasteiger partial charge in [0.05, 0.1) is 18.1 Å². The summed E-state index contributed by atoms with van der Waals surface area (Å²) in [5.41, 5.74) is 4.77. The van der Waals surface area contributed by atoms with E-state index in [1.54, 1.807) is 4.57 Å². The van der Waals surface area contributed by atoms with Gasteiger partial charge in [-0.25, -0.2) is 9.97 Å². The van der Waals surface area contributed by atoms with Crippen LogP contribution < -0.4 is 10.2 Å². The van der Waals surface area contributed by atoms with Gasteiger partial charge in [-0.05, 0) is 38.0 Å². The van der Waals surface area contributed by atoms with Gasteiger partial charge in [0, 0.05) is 18.0 Å². The average molecular weight is 395 g/mol. The number of imidazole rings is 1. The van der Waals surface area contributed by atoms with Crippen molar-refractivity contribution >= 4 is 34.0 Å². The van der Waals surface area contributed by atoms with E-state index in [0.29, 0.717) is 16.6 Å². The molecule has 1 N–H and O–H groups in total. The summed E-state index contributed by atoms with van der Waals surface area (Å²) in [5.74, 6) is 0.363. The number of hydrogen-bond acceptors (Lipinski definition) is 6. The van der Waals surface area contributed by atoms with E-state index in [1.165, 1.54) is 28.8 Å². The van der Waals surface area contributed by atoms with Crippen molar-refractivity contribution in [3.05, 3.63) is 46.7 Å². The van der Waals surface area contributed by atoms with Gasteiger partial charge in [0.2, 0.25) is 11.7 Å². The first-order valence-electron chi connectivity index (χ1n) is 9.00. The molecule has 1 aromatic carbocycles. The van der Waals surface area contributed by atoms with Crippen molar-refractivity contribution in [2.45, 2.75) is 33.4 Å². The highest BCUT2D eigenvalue weighted by Gasteiger charge is 2.36. The highest BCUT2D eigenvalue weighted by atomic mass is 32.1. The summed E-state index contributed by atoms with van der Waals surface area (Å²) < 4.78 is 1.60. The van der Waals surface area contributed by atoms with Crippen LogP contribution in [0.15, 0.2) is 29.9 Å². The third kappa shape index (κ3) is 3.09. The zero-order valence-electron chi connectivity index (χ0n) is 16.2. The molecule has 1 aliphatic heterocycles. The van der Waals surface area contributed by atoms with Crippen LogP contribution >= 0.6 is 11.3 Å². The number of fused-ring (bicyclic) bond motifs is 1. The Labute approximate surface area is 167 Å². The van der Waals surface area contributed by atoms with Gasteiger partial charge in [-0.2, -0.15) is 0 Å². The van der Waals surface area contributed by atoms with Crippen molar-refractivity contribution in [2.75, 3.05) is 17.3 Å². The van der Waals surface area contributed by atoms with Gasteiger partial charge in [0.15, 0.2) is 10.9 Å². The first kappa shape index (κ1) is 18.4. The summed E-state index contributed by atoms with van der Waals surface area (Å²) in [6, 6.07) is 5.93. The van der Waals surface area contributed by atoms with Crippen LogP contribution in [0.25, 0.3) is 11.3 Å². The maximum Gasteiger partial charge on any atom is 0.246 e. The maximum absolute atomic E-state index is 12.5. The monoisotopic (exact) mass is 395 g/mol. The van der Waals surface area contributed by atoms with Gasteiger partial charge in [0.25, 0.3) is 0 Å². The Balaban J connectivity index is 1.47. The number of carbonyl (C=O) groups is 2. The lowest BCUT2D eigenvalue weighted by molar-refractivity contribution is -0.116. The van der Waals surface area contributed by atoms with E-state index >= 15 is 0 Å². The Hall–Kier alpha value is -3.00. The lowest BCUT2D eigenvalue weighted by Crippen LogP contribution is -2.29. The predicted octanol–water partition coefficient (Wildman–Crippen LogP) is 3.28. The van der Waals surface area contributed by atoms with Crippen molar-refractivity contribution in [1.82, 2.24) is 14.5 Å². The number of ketones is 1. The number of anilines is 2. The molecule has 0 aliphatic carbocycles. The minimum Gasteiger partial charge on any atom is -0.348 e. The zero-order valence-corrected chi connectivity index (χ0v) is 17.0.